The van der Waals surface area contributed by atoms with Crippen LogP contribution in [0, 0.1) is 5.92 Å². The van der Waals surface area contributed by atoms with Crippen LogP contribution < -0.4 is 5.32 Å². The molecule has 1 heterocycles. The molecule has 2 amide bonds. The summed E-state index contributed by atoms with van der Waals surface area (Å²) in [5.41, 5.74) is 1.46. The van der Waals surface area contributed by atoms with E-state index in [1.807, 2.05) is 17.0 Å². The van der Waals surface area contributed by atoms with Crippen LogP contribution in [0.5, 0.6) is 0 Å². The summed E-state index contributed by atoms with van der Waals surface area (Å²) in [4.78, 5) is 36.0. The topological polar surface area (TPSA) is 86.7 Å². The van der Waals surface area contributed by atoms with Crippen LogP contribution in [0.25, 0.3) is 0 Å². The van der Waals surface area contributed by atoms with Crippen LogP contribution in [-0.2, 0) is 16.1 Å². The highest BCUT2D eigenvalue weighted by atomic mass is 16.4. The number of carboxylic acid groups (broad SMARTS) is 1. The molecule has 1 aliphatic rings. The van der Waals surface area contributed by atoms with Crippen molar-refractivity contribution in [3.8, 4) is 0 Å². The maximum Gasteiger partial charge on any atom is 0.308 e. The first-order valence-electron chi connectivity index (χ1n) is 7.35. The van der Waals surface area contributed by atoms with Crippen molar-refractivity contribution in [3.05, 3.63) is 35.4 Å². The Balaban J connectivity index is 1.89. The summed E-state index contributed by atoms with van der Waals surface area (Å²) in [7, 11) is 0. The van der Waals surface area contributed by atoms with E-state index in [9.17, 15) is 14.4 Å². The van der Waals surface area contributed by atoms with Gasteiger partial charge in [0.1, 0.15) is 0 Å². The lowest BCUT2D eigenvalue weighted by molar-refractivity contribution is -0.140. The molecule has 2 N–H and O–H groups in total. The van der Waals surface area contributed by atoms with Gasteiger partial charge in [0.2, 0.25) is 5.91 Å². The molecule has 6 nitrogen and oxygen atoms in total. The molecule has 118 valence electrons. The van der Waals surface area contributed by atoms with Gasteiger partial charge in [-0.3, -0.25) is 14.4 Å². The van der Waals surface area contributed by atoms with E-state index in [4.69, 9.17) is 5.11 Å². The minimum atomic E-state index is -0.939. The third-order valence-corrected chi connectivity index (χ3v) is 3.75. The van der Waals surface area contributed by atoms with Gasteiger partial charge >= 0.3 is 5.97 Å². The molecule has 0 aromatic heterocycles. The van der Waals surface area contributed by atoms with Crippen LogP contribution in [0.2, 0.25) is 0 Å². The summed E-state index contributed by atoms with van der Waals surface area (Å²) in [6, 6.07) is 7.02. The van der Waals surface area contributed by atoms with E-state index in [0.717, 1.165) is 18.5 Å². The molecule has 1 fully saturated rings. The average Bonchev–Trinajstić information content (AvgIpc) is 2.90. The second kappa shape index (κ2) is 7.06. The first kappa shape index (κ1) is 16.0. The van der Waals surface area contributed by atoms with Gasteiger partial charge in [-0.25, -0.2) is 0 Å². The lowest BCUT2D eigenvalue weighted by Gasteiger charge is -2.15. The Hall–Kier alpha value is -2.37. The Morgan fingerprint density at radius 3 is 2.55 bits per heavy atom. The molecule has 1 aliphatic heterocycles. The van der Waals surface area contributed by atoms with Gasteiger partial charge in [0.05, 0.1) is 5.92 Å². The average molecular weight is 304 g/mol. The highest BCUT2D eigenvalue weighted by molar-refractivity contribution is 5.94. The second-order valence-electron chi connectivity index (χ2n) is 5.57. The molecule has 0 saturated carbocycles. The molecule has 22 heavy (non-hydrogen) atoms. The summed E-state index contributed by atoms with van der Waals surface area (Å²) in [5, 5.41) is 11.4. The zero-order valence-corrected chi connectivity index (χ0v) is 12.5. The molecule has 1 saturated heterocycles. The summed E-state index contributed by atoms with van der Waals surface area (Å²) < 4.78 is 0. The SMILES string of the molecule is C[C@H](CNC(=O)c1ccc(CN2CCCC2=O)cc1)C(=O)O. The summed E-state index contributed by atoms with van der Waals surface area (Å²) in [6.45, 7) is 2.99. The lowest BCUT2D eigenvalue weighted by Crippen LogP contribution is -2.31. The van der Waals surface area contributed by atoms with E-state index < -0.39 is 11.9 Å². The molecule has 1 atom stereocenters. The van der Waals surface area contributed by atoms with Crippen LogP contribution in [-0.4, -0.2) is 40.9 Å². The zero-order valence-electron chi connectivity index (χ0n) is 12.5. The molecule has 2 rings (SSSR count). The highest BCUT2D eigenvalue weighted by Gasteiger charge is 2.20. The van der Waals surface area contributed by atoms with Crippen LogP contribution in [0.15, 0.2) is 24.3 Å². The summed E-state index contributed by atoms with van der Waals surface area (Å²) in [5.74, 6) is -1.68. The number of likely N-dealkylation sites (tertiary alicyclic amines) is 1. The van der Waals surface area contributed by atoms with E-state index >= 15 is 0 Å². The molecule has 1 aromatic carbocycles. The Labute approximate surface area is 129 Å². The number of rotatable bonds is 6. The van der Waals surface area contributed by atoms with Crippen LogP contribution >= 0.6 is 0 Å². The Morgan fingerprint density at radius 2 is 2.00 bits per heavy atom. The number of hydrogen-bond donors (Lipinski definition) is 2. The van der Waals surface area contributed by atoms with Gasteiger partial charge in [0, 0.05) is 31.6 Å². The van der Waals surface area contributed by atoms with Gasteiger partial charge in [0.25, 0.3) is 5.91 Å². The summed E-state index contributed by atoms with van der Waals surface area (Å²) in [6.07, 6.45) is 1.52. The standard InChI is InChI=1S/C16H20N2O4/c1-11(16(21)22)9-17-15(20)13-6-4-12(5-7-13)10-18-8-2-3-14(18)19/h4-7,11H,2-3,8-10H2,1H3,(H,17,20)(H,21,22)/t11-/m1/s1. The van der Waals surface area contributed by atoms with E-state index in [-0.39, 0.29) is 18.4 Å². The molecule has 1 aromatic rings. The molecule has 0 spiro atoms. The van der Waals surface area contributed by atoms with Crippen molar-refractivity contribution in [2.45, 2.75) is 26.3 Å². The minimum absolute atomic E-state index is 0.0954. The van der Waals surface area contributed by atoms with Crippen LogP contribution in [0.1, 0.15) is 35.7 Å². The van der Waals surface area contributed by atoms with Crippen molar-refractivity contribution in [3.63, 3.8) is 0 Å². The third kappa shape index (κ3) is 4.07. The molecule has 0 radical (unpaired) electrons. The van der Waals surface area contributed by atoms with E-state index in [0.29, 0.717) is 18.5 Å². The number of carbonyl (C=O) groups excluding carboxylic acids is 2. The zero-order chi connectivity index (χ0) is 16.1. The fourth-order valence-corrected chi connectivity index (χ4v) is 2.29. The van der Waals surface area contributed by atoms with Gasteiger partial charge in [-0.2, -0.15) is 0 Å². The monoisotopic (exact) mass is 304 g/mol. The van der Waals surface area contributed by atoms with Gasteiger partial charge in [0.15, 0.2) is 0 Å². The van der Waals surface area contributed by atoms with Crippen molar-refractivity contribution >= 4 is 17.8 Å². The molecule has 0 aliphatic carbocycles. The number of nitrogens with zero attached hydrogens (tertiary/aromatic N) is 1. The predicted octanol–water partition coefficient (Wildman–Crippen LogP) is 1.26. The van der Waals surface area contributed by atoms with Gasteiger partial charge in [-0.05, 0) is 24.1 Å². The molecule has 0 unspecified atom stereocenters. The highest BCUT2D eigenvalue weighted by Crippen LogP contribution is 2.14. The van der Waals surface area contributed by atoms with Crippen LogP contribution in [0.3, 0.4) is 0 Å². The largest absolute Gasteiger partial charge is 0.481 e. The third-order valence-electron chi connectivity index (χ3n) is 3.75. The maximum atomic E-state index is 11.9. The van der Waals surface area contributed by atoms with Gasteiger partial charge in [-0.15, -0.1) is 0 Å². The van der Waals surface area contributed by atoms with Crippen molar-refractivity contribution in [1.29, 1.82) is 0 Å². The van der Waals surface area contributed by atoms with Crippen molar-refractivity contribution in [2.75, 3.05) is 13.1 Å². The first-order chi connectivity index (χ1) is 10.5. The molecular formula is C16H20N2O4. The fraction of sp³-hybridized carbons (Fsp3) is 0.438. The van der Waals surface area contributed by atoms with E-state index in [2.05, 4.69) is 5.32 Å². The number of carbonyl (C=O) groups is 3. The Morgan fingerprint density at radius 1 is 1.32 bits per heavy atom. The maximum absolute atomic E-state index is 11.9. The minimum Gasteiger partial charge on any atom is -0.481 e. The smallest absolute Gasteiger partial charge is 0.308 e. The number of carboxylic acids is 1. The van der Waals surface area contributed by atoms with E-state index in [1.165, 1.54) is 0 Å². The normalized spacial score (nSPS) is 15.7. The lowest BCUT2D eigenvalue weighted by atomic mass is 10.1. The molecule has 0 bridgehead atoms. The van der Waals surface area contributed by atoms with Gasteiger partial charge in [-0.1, -0.05) is 19.1 Å². The van der Waals surface area contributed by atoms with Crippen LogP contribution in [0.4, 0.5) is 0 Å². The predicted molar refractivity (Wildman–Crippen MR) is 80.2 cm³/mol. The van der Waals surface area contributed by atoms with Gasteiger partial charge < -0.3 is 15.3 Å². The number of aliphatic carboxylic acids is 1. The van der Waals surface area contributed by atoms with Crippen molar-refractivity contribution in [1.82, 2.24) is 10.2 Å². The number of amides is 2. The number of nitrogens with one attached hydrogen (secondary N) is 1. The van der Waals surface area contributed by atoms with E-state index in [1.54, 1.807) is 19.1 Å². The number of hydrogen-bond acceptors (Lipinski definition) is 3. The number of benzene rings is 1. The second-order valence-corrected chi connectivity index (χ2v) is 5.57. The van der Waals surface area contributed by atoms with Crippen molar-refractivity contribution < 1.29 is 19.5 Å². The summed E-state index contributed by atoms with van der Waals surface area (Å²) >= 11 is 0. The first-order valence-corrected chi connectivity index (χ1v) is 7.35. The fourth-order valence-electron chi connectivity index (χ4n) is 2.29. The molecular weight excluding hydrogens is 284 g/mol. The Kier molecular flexibility index (Phi) is 5.14. The Bertz CT molecular complexity index is 568. The van der Waals surface area contributed by atoms with Crippen molar-refractivity contribution in [2.24, 2.45) is 5.92 Å². The molecule has 6 heteroatoms. The quantitative estimate of drug-likeness (QED) is 0.828.